The quantitative estimate of drug-likeness (QED) is 0.659. The van der Waals surface area contributed by atoms with Gasteiger partial charge in [-0.15, -0.1) is 0 Å². The predicted molar refractivity (Wildman–Crippen MR) is 103 cm³/mol. The number of carbonyl (C=O) groups is 1. The SMILES string of the molecule is COc1ccc(C(C)NC(=O)CCc2nc(-c3ccc(Cl)cc3)no2)cc1. The Balaban J connectivity index is 1.52. The Bertz CT molecular complexity index is 892. The van der Waals surface area contributed by atoms with Gasteiger partial charge < -0.3 is 14.6 Å². The predicted octanol–water partition coefficient (Wildman–Crippen LogP) is 4.21. The van der Waals surface area contributed by atoms with Crippen molar-refractivity contribution in [1.82, 2.24) is 15.5 Å². The molecule has 3 rings (SSSR count). The molecule has 1 unspecified atom stereocenters. The van der Waals surface area contributed by atoms with E-state index in [1.54, 1.807) is 19.2 Å². The fourth-order valence-electron chi connectivity index (χ4n) is 2.58. The molecule has 1 N–H and O–H groups in total. The lowest BCUT2D eigenvalue weighted by molar-refractivity contribution is -0.121. The maximum absolute atomic E-state index is 12.2. The van der Waals surface area contributed by atoms with E-state index in [0.29, 0.717) is 23.2 Å². The van der Waals surface area contributed by atoms with Crippen LogP contribution in [0.25, 0.3) is 11.4 Å². The molecule has 0 aliphatic heterocycles. The Labute approximate surface area is 162 Å². The van der Waals surface area contributed by atoms with E-state index < -0.39 is 0 Å². The van der Waals surface area contributed by atoms with Gasteiger partial charge in [0.1, 0.15) is 5.75 Å². The van der Waals surface area contributed by atoms with Gasteiger partial charge in [-0.1, -0.05) is 28.9 Å². The molecule has 7 heteroatoms. The normalized spacial score (nSPS) is 11.8. The fourth-order valence-corrected chi connectivity index (χ4v) is 2.71. The Kier molecular flexibility index (Phi) is 6.08. The number of benzene rings is 2. The number of rotatable bonds is 7. The van der Waals surface area contributed by atoms with Crippen molar-refractivity contribution in [3.05, 3.63) is 65.0 Å². The van der Waals surface area contributed by atoms with Crippen LogP contribution in [0.1, 0.15) is 30.8 Å². The van der Waals surface area contributed by atoms with Crippen molar-refractivity contribution in [2.24, 2.45) is 0 Å². The summed E-state index contributed by atoms with van der Waals surface area (Å²) in [5, 5.41) is 7.55. The van der Waals surface area contributed by atoms with E-state index in [2.05, 4.69) is 15.5 Å². The number of ether oxygens (including phenoxy) is 1. The first kappa shape index (κ1) is 18.9. The van der Waals surface area contributed by atoms with Gasteiger partial charge in [0.15, 0.2) is 0 Å². The summed E-state index contributed by atoms with van der Waals surface area (Å²) >= 11 is 5.87. The molecule has 0 bridgehead atoms. The van der Waals surface area contributed by atoms with Crippen LogP contribution in [0.4, 0.5) is 0 Å². The lowest BCUT2D eigenvalue weighted by atomic mass is 10.1. The maximum atomic E-state index is 12.2. The molecule has 0 aliphatic carbocycles. The number of halogens is 1. The minimum Gasteiger partial charge on any atom is -0.497 e. The van der Waals surface area contributed by atoms with E-state index >= 15 is 0 Å². The van der Waals surface area contributed by atoms with Crippen LogP contribution in [0.5, 0.6) is 5.75 Å². The zero-order valence-electron chi connectivity index (χ0n) is 15.1. The number of aryl methyl sites for hydroxylation is 1. The topological polar surface area (TPSA) is 77.2 Å². The highest BCUT2D eigenvalue weighted by Gasteiger charge is 2.13. The number of carbonyl (C=O) groups excluding carboxylic acids is 1. The van der Waals surface area contributed by atoms with Crippen LogP contribution in [0.3, 0.4) is 0 Å². The van der Waals surface area contributed by atoms with Crippen LogP contribution >= 0.6 is 11.6 Å². The van der Waals surface area contributed by atoms with E-state index in [1.165, 1.54) is 0 Å². The highest BCUT2D eigenvalue weighted by atomic mass is 35.5. The number of hydrogen-bond acceptors (Lipinski definition) is 5. The molecular formula is C20H20ClN3O3. The van der Waals surface area contributed by atoms with Crippen molar-refractivity contribution in [2.45, 2.75) is 25.8 Å². The standard InChI is InChI=1S/C20H20ClN3O3/c1-13(14-5-9-17(26-2)10-6-14)22-18(25)11-12-19-23-20(24-27-19)15-3-7-16(21)8-4-15/h3-10,13H,11-12H2,1-2H3,(H,22,25). The minimum atomic E-state index is -0.101. The molecular weight excluding hydrogens is 366 g/mol. The summed E-state index contributed by atoms with van der Waals surface area (Å²) in [7, 11) is 1.62. The van der Waals surface area contributed by atoms with E-state index in [1.807, 2.05) is 43.3 Å². The van der Waals surface area contributed by atoms with Gasteiger partial charge in [0.25, 0.3) is 0 Å². The largest absolute Gasteiger partial charge is 0.497 e. The van der Waals surface area contributed by atoms with E-state index in [-0.39, 0.29) is 18.4 Å². The van der Waals surface area contributed by atoms with Crippen LogP contribution in [0.2, 0.25) is 5.02 Å². The molecule has 1 atom stereocenters. The summed E-state index contributed by atoms with van der Waals surface area (Å²) in [5.41, 5.74) is 1.82. The van der Waals surface area contributed by atoms with Crippen molar-refractivity contribution >= 4 is 17.5 Å². The number of nitrogens with one attached hydrogen (secondary N) is 1. The average Bonchev–Trinajstić information content (AvgIpc) is 3.16. The number of methoxy groups -OCH3 is 1. The number of amides is 1. The van der Waals surface area contributed by atoms with Gasteiger partial charge in [-0.05, 0) is 48.9 Å². The van der Waals surface area contributed by atoms with Gasteiger partial charge in [-0.25, -0.2) is 0 Å². The van der Waals surface area contributed by atoms with Crippen LogP contribution in [-0.4, -0.2) is 23.2 Å². The lowest BCUT2D eigenvalue weighted by Crippen LogP contribution is -2.26. The molecule has 0 radical (unpaired) electrons. The van der Waals surface area contributed by atoms with Gasteiger partial charge in [0, 0.05) is 23.4 Å². The summed E-state index contributed by atoms with van der Waals surface area (Å²) in [4.78, 5) is 16.5. The van der Waals surface area contributed by atoms with E-state index in [9.17, 15) is 4.79 Å². The second-order valence-electron chi connectivity index (χ2n) is 6.08. The van der Waals surface area contributed by atoms with Crippen molar-refractivity contribution in [2.75, 3.05) is 7.11 Å². The zero-order chi connectivity index (χ0) is 19.2. The second kappa shape index (κ2) is 8.68. The van der Waals surface area contributed by atoms with E-state index in [0.717, 1.165) is 16.9 Å². The molecule has 27 heavy (non-hydrogen) atoms. The molecule has 0 spiro atoms. The third-order valence-corrected chi connectivity index (χ3v) is 4.38. The summed E-state index contributed by atoms with van der Waals surface area (Å²) in [6.45, 7) is 1.94. The first-order valence-electron chi connectivity index (χ1n) is 8.57. The number of nitrogens with zero attached hydrogens (tertiary/aromatic N) is 2. The van der Waals surface area contributed by atoms with Crippen molar-refractivity contribution in [3.8, 4) is 17.1 Å². The Morgan fingerprint density at radius 1 is 1.19 bits per heavy atom. The van der Waals surface area contributed by atoms with Crippen LogP contribution in [-0.2, 0) is 11.2 Å². The van der Waals surface area contributed by atoms with Crippen molar-refractivity contribution in [3.63, 3.8) is 0 Å². The van der Waals surface area contributed by atoms with Crippen molar-refractivity contribution < 1.29 is 14.1 Å². The molecule has 1 amide bonds. The molecule has 1 aromatic heterocycles. The van der Waals surface area contributed by atoms with E-state index in [4.69, 9.17) is 20.9 Å². The molecule has 0 fully saturated rings. The highest BCUT2D eigenvalue weighted by molar-refractivity contribution is 6.30. The Morgan fingerprint density at radius 3 is 2.56 bits per heavy atom. The van der Waals surface area contributed by atoms with Gasteiger partial charge >= 0.3 is 0 Å². The first-order chi connectivity index (χ1) is 13.0. The molecule has 140 valence electrons. The third kappa shape index (κ3) is 5.08. The van der Waals surface area contributed by atoms with Crippen LogP contribution < -0.4 is 10.1 Å². The molecule has 1 heterocycles. The van der Waals surface area contributed by atoms with Gasteiger partial charge in [-0.3, -0.25) is 4.79 Å². The summed E-state index contributed by atoms with van der Waals surface area (Å²) < 4.78 is 10.4. The smallest absolute Gasteiger partial charge is 0.227 e. The molecule has 0 aliphatic rings. The summed E-state index contributed by atoms with van der Waals surface area (Å²) in [6, 6.07) is 14.7. The molecule has 3 aromatic rings. The minimum absolute atomic E-state index is 0.0791. The van der Waals surface area contributed by atoms with Gasteiger partial charge in [0.05, 0.1) is 13.2 Å². The molecule has 6 nitrogen and oxygen atoms in total. The maximum Gasteiger partial charge on any atom is 0.227 e. The highest BCUT2D eigenvalue weighted by Crippen LogP contribution is 2.20. The number of aromatic nitrogens is 2. The molecule has 0 saturated heterocycles. The average molecular weight is 386 g/mol. The first-order valence-corrected chi connectivity index (χ1v) is 8.95. The second-order valence-corrected chi connectivity index (χ2v) is 6.52. The lowest BCUT2D eigenvalue weighted by Gasteiger charge is -2.14. The fraction of sp³-hybridized carbons (Fsp3) is 0.250. The van der Waals surface area contributed by atoms with Crippen LogP contribution in [0.15, 0.2) is 53.1 Å². The van der Waals surface area contributed by atoms with Crippen LogP contribution in [0, 0.1) is 0 Å². The van der Waals surface area contributed by atoms with Gasteiger partial charge in [-0.2, -0.15) is 4.98 Å². The molecule has 2 aromatic carbocycles. The molecule has 0 saturated carbocycles. The summed E-state index contributed by atoms with van der Waals surface area (Å²) in [6.07, 6.45) is 0.643. The van der Waals surface area contributed by atoms with Crippen molar-refractivity contribution in [1.29, 1.82) is 0 Å². The summed E-state index contributed by atoms with van der Waals surface area (Å²) in [5.74, 6) is 1.61. The monoisotopic (exact) mass is 385 g/mol. The third-order valence-electron chi connectivity index (χ3n) is 4.13. The Morgan fingerprint density at radius 2 is 1.89 bits per heavy atom. The van der Waals surface area contributed by atoms with Gasteiger partial charge in [0.2, 0.25) is 17.6 Å². The number of hydrogen-bond donors (Lipinski definition) is 1. The zero-order valence-corrected chi connectivity index (χ0v) is 15.9. The Hall–Kier alpha value is -2.86.